The molecule has 0 aromatic heterocycles. The number of hydrogen-bond acceptors (Lipinski definition) is 4. The zero-order valence-corrected chi connectivity index (χ0v) is 13.4. The molecule has 0 saturated carbocycles. The molecule has 2 atom stereocenters. The fraction of sp³-hybridized carbons (Fsp3) is 0.562. The van der Waals surface area contributed by atoms with Gasteiger partial charge in [-0.3, -0.25) is 10.2 Å². The van der Waals surface area contributed by atoms with E-state index >= 15 is 0 Å². The Balaban J connectivity index is 2.56. The van der Waals surface area contributed by atoms with Gasteiger partial charge in [-0.25, -0.2) is 5.84 Å². The number of methoxy groups -OCH3 is 1. The van der Waals surface area contributed by atoms with Crippen LogP contribution in [0.1, 0.15) is 45.6 Å². The van der Waals surface area contributed by atoms with E-state index in [1.165, 1.54) is 5.56 Å². The van der Waals surface area contributed by atoms with Gasteiger partial charge >= 0.3 is 0 Å². The van der Waals surface area contributed by atoms with Gasteiger partial charge in [-0.1, -0.05) is 13.0 Å². The number of rotatable bonds is 3. The molecular weight excluding hydrogens is 266 g/mol. The van der Waals surface area contributed by atoms with Crippen molar-refractivity contribution in [3.8, 4) is 5.75 Å². The van der Waals surface area contributed by atoms with Crippen molar-refractivity contribution in [1.29, 1.82) is 0 Å². The molecule has 1 aliphatic heterocycles. The second kappa shape index (κ2) is 5.56. The highest BCUT2D eigenvalue weighted by molar-refractivity contribution is 5.85. The van der Waals surface area contributed by atoms with Gasteiger partial charge in [0.1, 0.15) is 11.8 Å². The third kappa shape index (κ3) is 2.70. The Morgan fingerprint density at radius 1 is 1.52 bits per heavy atom. The summed E-state index contributed by atoms with van der Waals surface area (Å²) in [6.45, 7) is 8.42. The van der Waals surface area contributed by atoms with Crippen LogP contribution in [0.4, 0.5) is 5.69 Å². The van der Waals surface area contributed by atoms with Crippen molar-refractivity contribution in [2.45, 2.75) is 51.6 Å². The second-order valence-corrected chi connectivity index (χ2v) is 6.40. The standard InChI is InChI=1S/C16H25N3O2/c1-10-9-16(3,4)19(11(2)15(20)18-17)14-8-12(21-5)6-7-13(10)14/h6-8,10-11H,9,17H2,1-5H3,(H,18,20)/t10-,11+/m1/s1. The fourth-order valence-electron chi connectivity index (χ4n) is 3.53. The van der Waals surface area contributed by atoms with Gasteiger partial charge in [0.25, 0.3) is 5.91 Å². The van der Waals surface area contributed by atoms with Crippen LogP contribution in [0, 0.1) is 0 Å². The van der Waals surface area contributed by atoms with E-state index < -0.39 is 0 Å². The van der Waals surface area contributed by atoms with E-state index in [0.717, 1.165) is 17.9 Å². The van der Waals surface area contributed by atoms with Gasteiger partial charge in [0, 0.05) is 17.3 Å². The van der Waals surface area contributed by atoms with Gasteiger partial charge in [-0.05, 0) is 44.7 Å². The lowest BCUT2D eigenvalue weighted by molar-refractivity contribution is -0.122. The number of nitrogens with one attached hydrogen (secondary N) is 1. The maximum absolute atomic E-state index is 12.0. The van der Waals surface area contributed by atoms with E-state index in [1.807, 2.05) is 19.1 Å². The zero-order valence-electron chi connectivity index (χ0n) is 13.4. The number of benzene rings is 1. The number of ether oxygens (including phenoxy) is 1. The molecule has 2 rings (SSSR count). The molecule has 5 heteroatoms. The Morgan fingerprint density at radius 3 is 2.76 bits per heavy atom. The van der Waals surface area contributed by atoms with Crippen LogP contribution >= 0.6 is 0 Å². The molecule has 0 radical (unpaired) electrons. The third-order valence-electron chi connectivity index (χ3n) is 4.39. The van der Waals surface area contributed by atoms with Gasteiger partial charge in [-0.2, -0.15) is 0 Å². The lowest BCUT2D eigenvalue weighted by atomic mass is 9.79. The normalized spacial score (nSPS) is 21.4. The number of carbonyl (C=O) groups excluding carboxylic acids is 1. The fourth-order valence-corrected chi connectivity index (χ4v) is 3.53. The molecule has 116 valence electrons. The summed E-state index contributed by atoms with van der Waals surface area (Å²) in [5.74, 6) is 6.36. The van der Waals surface area contributed by atoms with Crippen LogP contribution in [0.15, 0.2) is 18.2 Å². The minimum Gasteiger partial charge on any atom is -0.497 e. The number of nitrogens with two attached hydrogens (primary N) is 1. The number of fused-ring (bicyclic) bond motifs is 1. The number of hydrazine groups is 1. The monoisotopic (exact) mass is 291 g/mol. The van der Waals surface area contributed by atoms with Crippen molar-refractivity contribution in [3.05, 3.63) is 23.8 Å². The zero-order chi connectivity index (χ0) is 15.8. The highest BCUT2D eigenvalue weighted by Gasteiger charge is 2.40. The quantitative estimate of drug-likeness (QED) is 0.509. The molecule has 0 saturated heterocycles. The molecule has 21 heavy (non-hydrogen) atoms. The number of anilines is 1. The molecule has 0 aliphatic carbocycles. The summed E-state index contributed by atoms with van der Waals surface area (Å²) < 4.78 is 5.35. The Labute approximate surface area is 126 Å². The van der Waals surface area contributed by atoms with E-state index in [2.05, 4.69) is 37.2 Å². The van der Waals surface area contributed by atoms with Crippen LogP contribution in [0.2, 0.25) is 0 Å². The van der Waals surface area contributed by atoms with Crippen molar-refractivity contribution >= 4 is 11.6 Å². The van der Waals surface area contributed by atoms with Gasteiger partial charge in [0.15, 0.2) is 0 Å². The first-order valence-corrected chi connectivity index (χ1v) is 7.29. The van der Waals surface area contributed by atoms with E-state index in [0.29, 0.717) is 5.92 Å². The highest BCUT2D eigenvalue weighted by atomic mass is 16.5. The first kappa shape index (κ1) is 15.6. The Hall–Kier alpha value is -1.75. The summed E-state index contributed by atoms with van der Waals surface area (Å²) in [6.07, 6.45) is 0.981. The maximum Gasteiger partial charge on any atom is 0.256 e. The average molecular weight is 291 g/mol. The number of carbonyl (C=O) groups is 1. The van der Waals surface area contributed by atoms with Crippen molar-refractivity contribution in [3.63, 3.8) is 0 Å². The third-order valence-corrected chi connectivity index (χ3v) is 4.39. The smallest absolute Gasteiger partial charge is 0.256 e. The Morgan fingerprint density at radius 2 is 2.19 bits per heavy atom. The molecule has 5 nitrogen and oxygen atoms in total. The molecule has 0 bridgehead atoms. The largest absolute Gasteiger partial charge is 0.497 e. The molecule has 1 aromatic carbocycles. The lowest BCUT2D eigenvalue weighted by Crippen LogP contribution is -2.58. The maximum atomic E-state index is 12.0. The molecule has 1 aromatic rings. The van der Waals surface area contributed by atoms with E-state index in [4.69, 9.17) is 10.6 Å². The molecule has 0 fully saturated rings. The Bertz CT molecular complexity index is 542. The van der Waals surface area contributed by atoms with Crippen molar-refractivity contribution in [2.75, 3.05) is 12.0 Å². The number of hydrogen-bond donors (Lipinski definition) is 2. The van der Waals surface area contributed by atoms with Crippen LogP contribution < -0.4 is 20.9 Å². The topological polar surface area (TPSA) is 67.6 Å². The SMILES string of the molecule is COc1ccc2c(c1)N([C@@H](C)C(=O)NN)C(C)(C)C[C@H]2C. The first-order valence-electron chi connectivity index (χ1n) is 7.29. The molecule has 3 N–H and O–H groups in total. The van der Waals surface area contributed by atoms with Crippen molar-refractivity contribution in [2.24, 2.45) is 5.84 Å². The summed E-state index contributed by atoms with van der Waals surface area (Å²) >= 11 is 0. The van der Waals surface area contributed by atoms with Gasteiger partial charge < -0.3 is 9.64 Å². The number of nitrogens with zero attached hydrogens (tertiary/aromatic N) is 1. The minimum absolute atomic E-state index is 0.134. The van der Waals surface area contributed by atoms with Gasteiger partial charge in [0.2, 0.25) is 0 Å². The summed E-state index contributed by atoms with van der Waals surface area (Å²) in [4.78, 5) is 14.2. The van der Waals surface area contributed by atoms with E-state index in [1.54, 1.807) is 7.11 Å². The highest BCUT2D eigenvalue weighted by Crippen LogP contribution is 2.45. The summed E-state index contributed by atoms with van der Waals surface area (Å²) in [7, 11) is 1.65. The van der Waals surface area contributed by atoms with E-state index in [9.17, 15) is 4.79 Å². The molecule has 0 unspecified atom stereocenters. The van der Waals surface area contributed by atoms with Crippen LogP contribution in [0.5, 0.6) is 5.75 Å². The molecule has 0 spiro atoms. The van der Waals surface area contributed by atoms with Crippen molar-refractivity contribution in [1.82, 2.24) is 5.43 Å². The molecular formula is C16H25N3O2. The van der Waals surface area contributed by atoms with E-state index in [-0.39, 0.29) is 17.5 Å². The second-order valence-electron chi connectivity index (χ2n) is 6.40. The Kier molecular flexibility index (Phi) is 4.14. The molecule has 1 aliphatic rings. The van der Waals surface area contributed by atoms with Gasteiger partial charge in [0.05, 0.1) is 7.11 Å². The molecule has 1 amide bonds. The minimum atomic E-state index is -0.344. The predicted molar refractivity (Wildman–Crippen MR) is 84.4 cm³/mol. The van der Waals surface area contributed by atoms with Crippen molar-refractivity contribution < 1.29 is 9.53 Å². The van der Waals surface area contributed by atoms with Gasteiger partial charge in [-0.15, -0.1) is 0 Å². The first-order chi connectivity index (χ1) is 9.81. The average Bonchev–Trinajstić information content (AvgIpc) is 2.44. The van der Waals surface area contributed by atoms with Crippen LogP contribution in [0.25, 0.3) is 0 Å². The van der Waals surface area contributed by atoms with Crippen LogP contribution in [-0.2, 0) is 4.79 Å². The molecule has 1 heterocycles. The number of amides is 1. The summed E-state index contributed by atoms with van der Waals surface area (Å²) in [6, 6.07) is 5.73. The summed E-state index contributed by atoms with van der Waals surface area (Å²) in [5, 5.41) is 0. The summed E-state index contributed by atoms with van der Waals surface area (Å²) in [5.41, 5.74) is 4.42. The predicted octanol–water partition coefficient (Wildman–Crippen LogP) is 2.17. The van der Waals surface area contributed by atoms with Crippen LogP contribution in [-0.4, -0.2) is 24.6 Å². The van der Waals surface area contributed by atoms with Crippen LogP contribution in [0.3, 0.4) is 0 Å². The lowest BCUT2D eigenvalue weighted by Gasteiger charge is -2.49.